The highest BCUT2D eigenvalue weighted by Gasteiger charge is 2.15. The number of anilines is 1. The third kappa shape index (κ3) is 2.88. The monoisotopic (exact) mass is 329 g/mol. The number of benzene rings is 2. The number of aromatic nitrogens is 2. The van der Waals surface area contributed by atoms with E-state index in [9.17, 15) is 18.4 Å². The zero-order chi connectivity index (χ0) is 17.3. The van der Waals surface area contributed by atoms with Crippen molar-refractivity contribution in [1.82, 2.24) is 9.78 Å². The van der Waals surface area contributed by atoms with Gasteiger partial charge >= 0.3 is 0 Å². The van der Waals surface area contributed by atoms with Gasteiger partial charge in [-0.2, -0.15) is 5.10 Å². The molecular weight excluding hydrogens is 316 g/mol. The molecule has 7 heteroatoms. The van der Waals surface area contributed by atoms with Crippen LogP contribution in [0, 0.1) is 11.6 Å². The first-order valence-corrected chi connectivity index (χ1v) is 7.16. The van der Waals surface area contributed by atoms with Gasteiger partial charge in [0.15, 0.2) is 0 Å². The molecule has 3 aromatic rings. The number of para-hydroxylation sites is 1. The molecule has 1 heterocycles. The summed E-state index contributed by atoms with van der Waals surface area (Å²) >= 11 is 0. The molecule has 1 aromatic heterocycles. The lowest BCUT2D eigenvalue weighted by molar-refractivity contribution is -0.115. The van der Waals surface area contributed by atoms with Crippen molar-refractivity contribution in [3.05, 3.63) is 70.1 Å². The van der Waals surface area contributed by atoms with Gasteiger partial charge < -0.3 is 5.32 Å². The Kier molecular flexibility index (Phi) is 4.07. The van der Waals surface area contributed by atoms with Crippen molar-refractivity contribution in [3.63, 3.8) is 0 Å². The summed E-state index contributed by atoms with van der Waals surface area (Å²) in [7, 11) is 1.48. The average molecular weight is 329 g/mol. The predicted octanol–water partition coefficient (Wildman–Crippen LogP) is 2.39. The molecule has 0 aliphatic rings. The fourth-order valence-corrected chi connectivity index (χ4v) is 2.46. The molecule has 3 rings (SSSR count). The standard InChI is InChI=1S/C17H13F2N3O2/c1-22-17(24)11-6-3-2-5-10(11)14(21-22)9-15(23)20-16-12(18)7-4-8-13(16)19/h2-8H,9H2,1H3,(H,20,23). The maximum absolute atomic E-state index is 13.6. The Hall–Kier alpha value is -3.09. The van der Waals surface area contributed by atoms with E-state index in [0.29, 0.717) is 16.5 Å². The molecule has 0 saturated heterocycles. The Morgan fingerprint density at radius 3 is 2.38 bits per heavy atom. The van der Waals surface area contributed by atoms with Gasteiger partial charge in [-0.05, 0) is 18.2 Å². The van der Waals surface area contributed by atoms with E-state index in [0.717, 1.165) is 16.8 Å². The van der Waals surface area contributed by atoms with Gasteiger partial charge in [0.05, 0.1) is 17.5 Å². The zero-order valence-electron chi connectivity index (χ0n) is 12.7. The molecule has 1 N–H and O–H groups in total. The normalized spacial score (nSPS) is 10.8. The summed E-state index contributed by atoms with van der Waals surface area (Å²) in [5, 5.41) is 7.25. The summed E-state index contributed by atoms with van der Waals surface area (Å²) < 4.78 is 28.3. The Bertz CT molecular complexity index is 979. The van der Waals surface area contributed by atoms with Crippen molar-refractivity contribution in [2.75, 3.05) is 5.32 Å². The Balaban J connectivity index is 1.94. The van der Waals surface area contributed by atoms with Crippen LogP contribution >= 0.6 is 0 Å². The fraction of sp³-hybridized carbons (Fsp3) is 0.118. The zero-order valence-corrected chi connectivity index (χ0v) is 12.7. The molecule has 0 aliphatic heterocycles. The first-order valence-electron chi connectivity index (χ1n) is 7.16. The molecule has 5 nitrogen and oxygen atoms in total. The summed E-state index contributed by atoms with van der Waals surface area (Å²) in [6.45, 7) is 0. The quantitative estimate of drug-likeness (QED) is 0.802. The molecule has 0 spiro atoms. The Labute approximate surface area is 135 Å². The van der Waals surface area contributed by atoms with Gasteiger partial charge in [-0.15, -0.1) is 0 Å². The topological polar surface area (TPSA) is 64.0 Å². The third-order valence-corrected chi connectivity index (χ3v) is 3.59. The number of carbonyl (C=O) groups excluding carboxylic acids is 1. The van der Waals surface area contributed by atoms with E-state index in [-0.39, 0.29) is 12.0 Å². The van der Waals surface area contributed by atoms with Crippen LogP contribution in [0.5, 0.6) is 0 Å². The number of rotatable bonds is 3. The Morgan fingerprint density at radius 2 is 1.71 bits per heavy atom. The average Bonchev–Trinajstić information content (AvgIpc) is 2.56. The van der Waals surface area contributed by atoms with Crippen LogP contribution in [0.3, 0.4) is 0 Å². The van der Waals surface area contributed by atoms with Crippen LogP contribution in [0.2, 0.25) is 0 Å². The maximum atomic E-state index is 13.6. The molecule has 0 aliphatic carbocycles. The molecule has 0 bridgehead atoms. The summed E-state index contributed by atoms with van der Waals surface area (Å²) in [6, 6.07) is 10.1. The fourth-order valence-electron chi connectivity index (χ4n) is 2.46. The number of nitrogens with zero attached hydrogens (tertiary/aromatic N) is 2. The first kappa shape index (κ1) is 15.8. The second-order valence-corrected chi connectivity index (χ2v) is 5.24. The molecule has 0 saturated carbocycles. The van der Waals surface area contributed by atoms with E-state index >= 15 is 0 Å². The lowest BCUT2D eigenvalue weighted by Crippen LogP contribution is -2.24. The number of hydrogen-bond acceptors (Lipinski definition) is 3. The number of amides is 1. The lowest BCUT2D eigenvalue weighted by Gasteiger charge is -2.10. The van der Waals surface area contributed by atoms with E-state index in [2.05, 4.69) is 10.4 Å². The van der Waals surface area contributed by atoms with Crippen molar-refractivity contribution >= 4 is 22.4 Å². The van der Waals surface area contributed by atoms with Gasteiger partial charge in [0, 0.05) is 12.4 Å². The minimum Gasteiger partial charge on any atom is -0.321 e. The van der Waals surface area contributed by atoms with Crippen LogP contribution in [0.25, 0.3) is 10.8 Å². The summed E-state index contributed by atoms with van der Waals surface area (Å²) in [4.78, 5) is 24.2. The van der Waals surface area contributed by atoms with Gasteiger partial charge in [-0.3, -0.25) is 9.59 Å². The molecule has 122 valence electrons. The molecular formula is C17H13F2N3O2. The van der Waals surface area contributed by atoms with Gasteiger partial charge in [-0.1, -0.05) is 24.3 Å². The van der Waals surface area contributed by atoms with Crippen LogP contribution in [-0.2, 0) is 18.3 Å². The van der Waals surface area contributed by atoms with Crippen LogP contribution in [-0.4, -0.2) is 15.7 Å². The predicted molar refractivity (Wildman–Crippen MR) is 85.7 cm³/mol. The van der Waals surface area contributed by atoms with E-state index in [1.54, 1.807) is 24.3 Å². The maximum Gasteiger partial charge on any atom is 0.274 e. The van der Waals surface area contributed by atoms with Crippen molar-refractivity contribution in [2.45, 2.75) is 6.42 Å². The van der Waals surface area contributed by atoms with Crippen LogP contribution in [0.15, 0.2) is 47.3 Å². The van der Waals surface area contributed by atoms with Gasteiger partial charge in [0.25, 0.3) is 5.56 Å². The lowest BCUT2D eigenvalue weighted by atomic mass is 10.1. The number of aryl methyl sites for hydroxylation is 1. The van der Waals surface area contributed by atoms with Crippen LogP contribution < -0.4 is 10.9 Å². The number of fused-ring (bicyclic) bond motifs is 1. The third-order valence-electron chi connectivity index (χ3n) is 3.59. The summed E-state index contributed by atoms with van der Waals surface area (Å²) in [6.07, 6.45) is -0.220. The number of hydrogen-bond donors (Lipinski definition) is 1. The molecule has 0 unspecified atom stereocenters. The second kappa shape index (κ2) is 6.19. The minimum atomic E-state index is -0.860. The summed E-state index contributed by atoms with van der Waals surface area (Å²) in [5.74, 6) is -2.35. The summed E-state index contributed by atoms with van der Waals surface area (Å²) in [5.41, 5.74) is -0.437. The van der Waals surface area contributed by atoms with Crippen LogP contribution in [0.4, 0.5) is 14.5 Å². The van der Waals surface area contributed by atoms with Gasteiger partial charge in [0.2, 0.25) is 5.91 Å². The Morgan fingerprint density at radius 1 is 1.08 bits per heavy atom. The first-order chi connectivity index (χ1) is 11.5. The van der Waals surface area contributed by atoms with E-state index in [1.807, 2.05) is 0 Å². The van der Waals surface area contributed by atoms with Gasteiger partial charge in [-0.25, -0.2) is 13.5 Å². The number of halogens is 2. The highest BCUT2D eigenvalue weighted by Crippen LogP contribution is 2.19. The van der Waals surface area contributed by atoms with Gasteiger partial charge in [0.1, 0.15) is 17.3 Å². The van der Waals surface area contributed by atoms with E-state index in [4.69, 9.17) is 0 Å². The molecule has 1 amide bonds. The number of nitrogens with one attached hydrogen (secondary N) is 1. The van der Waals surface area contributed by atoms with Crippen molar-refractivity contribution in [3.8, 4) is 0 Å². The molecule has 0 atom stereocenters. The van der Waals surface area contributed by atoms with Crippen molar-refractivity contribution in [1.29, 1.82) is 0 Å². The molecule has 2 aromatic carbocycles. The minimum absolute atomic E-state index is 0.220. The molecule has 24 heavy (non-hydrogen) atoms. The molecule has 0 radical (unpaired) electrons. The largest absolute Gasteiger partial charge is 0.321 e. The van der Waals surface area contributed by atoms with E-state index in [1.165, 1.54) is 13.1 Å². The SMILES string of the molecule is Cn1nc(CC(=O)Nc2c(F)cccc2F)c2ccccc2c1=O. The highest BCUT2D eigenvalue weighted by atomic mass is 19.1. The van der Waals surface area contributed by atoms with E-state index < -0.39 is 23.2 Å². The van der Waals surface area contributed by atoms with Crippen LogP contribution in [0.1, 0.15) is 5.69 Å². The second-order valence-electron chi connectivity index (χ2n) is 5.24. The van der Waals surface area contributed by atoms with Crippen molar-refractivity contribution < 1.29 is 13.6 Å². The number of carbonyl (C=O) groups is 1. The molecule has 0 fully saturated rings. The van der Waals surface area contributed by atoms with Crippen molar-refractivity contribution in [2.24, 2.45) is 7.05 Å². The smallest absolute Gasteiger partial charge is 0.274 e. The highest BCUT2D eigenvalue weighted by molar-refractivity contribution is 5.95.